The average molecular weight is 203 g/mol. The number of nitrogens with one attached hydrogen (secondary N) is 1. The molecule has 0 aromatic carbocycles. The van der Waals surface area contributed by atoms with Gasteiger partial charge in [-0.25, -0.2) is 9.31 Å². The minimum absolute atomic E-state index is 0.0439. The highest BCUT2D eigenvalue weighted by Gasteiger charge is 2.12. The Labute approximate surface area is 83.0 Å². The van der Waals surface area contributed by atoms with Gasteiger partial charge in [0.25, 0.3) is 0 Å². The molecule has 2 aromatic heterocycles. The van der Waals surface area contributed by atoms with Crippen LogP contribution in [-0.4, -0.2) is 20.7 Å². The molecule has 0 fully saturated rings. The lowest BCUT2D eigenvalue weighted by Crippen LogP contribution is -2.13. The number of nitrogens with zero attached hydrogens (tertiary/aromatic N) is 2. The Balaban J connectivity index is 2.89. The van der Waals surface area contributed by atoms with Gasteiger partial charge >= 0.3 is 5.97 Å². The third-order valence-corrected chi connectivity index (χ3v) is 2.04. The van der Waals surface area contributed by atoms with Crippen molar-refractivity contribution in [1.82, 2.24) is 9.61 Å². The van der Waals surface area contributed by atoms with Crippen LogP contribution in [0.3, 0.4) is 0 Å². The molecule has 2 heterocycles. The molecule has 0 saturated carbocycles. The number of aromatic nitrogens is 2. The highest BCUT2D eigenvalue weighted by Crippen LogP contribution is 2.05. The molecule has 2 N–H and O–H groups in total. The lowest BCUT2D eigenvalue weighted by Gasteiger charge is -1.97. The Kier molecular flexibility index (Phi) is 1.80. The maximum atomic E-state index is 11.5. The van der Waals surface area contributed by atoms with Crippen molar-refractivity contribution in [3.63, 3.8) is 0 Å². The summed E-state index contributed by atoms with van der Waals surface area (Å²) in [6, 6.07) is 4.39. The topological polar surface area (TPSA) is 98.4 Å². The number of rotatable bonds is 1. The standard InChI is InChI=1S/C9H5N3O3/c10-3-5-4-11-12-6(8(5)13)1-2-7(12)9(14)15/h1-2,4,11H,(H,14,15). The summed E-state index contributed by atoms with van der Waals surface area (Å²) >= 11 is 0. The molecule has 74 valence electrons. The summed E-state index contributed by atoms with van der Waals surface area (Å²) in [5.74, 6) is -1.14. The van der Waals surface area contributed by atoms with E-state index in [-0.39, 0.29) is 16.8 Å². The van der Waals surface area contributed by atoms with E-state index < -0.39 is 11.4 Å². The third kappa shape index (κ3) is 1.18. The van der Waals surface area contributed by atoms with Gasteiger partial charge in [0.15, 0.2) is 0 Å². The summed E-state index contributed by atoms with van der Waals surface area (Å²) in [6.07, 6.45) is 1.18. The molecule has 0 spiro atoms. The van der Waals surface area contributed by atoms with Gasteiger partial charge in [-0.3, -0.25) is 9.89 Å². The van der Waals surface area contributed by atoms with Crippen molar-refractivity contribution in [1.29, 1.82) is 5.26 Å². The number of carbonyl (C=O) groups is 1. The van der Waals surface area contributed by atoms with E-state index in [2.05, 4.69) is 5.10 Å². The first-order chi connectivity index (χ1) is 7.15. The van der Waals surface area contributed by atoms with Gasteiger partial charge in [-0.15, -0.1) is 0 Å². The summed E-state index contributed by atoms with van der Waals surface area (Å²) in [4.78, 5) is 22.3. The van der Waals surface area contributed by atoms with E-state index in [1.54, 1.807) is 6.07 Å². The number of nitriles is 1. The van der Waals surface area contributed by atoms with Gasteiger partial charge in [-0.1, -0.05) is 0 Å². The van der Waals surface area contributed by atoms with Crippen molar-refractivity contribution in [3.05, 3.63) is 39.8 Å². The number of H-pyrrole nitrogens is 1. The molecule has 0 aliphatic rings. The largest absolute Gasteiger partial charge is 0.477 e. The van der Waals surface area contributed by atoms with Crippen molar-refractivity contribution >= 4 is 11.5 Å². The smallest absolute Gasteiger partial charge is 0.354 e. The maximum absolute atomic E-state index is 11.5. The number of hydrogen-bond acceptors (Lipinski definition) is 3. The van der Waals surface area contributed by atoms with Crippen LogP contribution in [0.15, 0.2) is 23.1 Å². The molecule has 2 rings (SSSR count). The zero-order chi connectivity index (χ0) is 11.0. The number of carboxylic acid groups (broad SMARTS) is 1. The van der Waals surface area contributed by atoms with Crippen LogP contribution in [0.5, 0.6) is 0 Å². The highest BCUT2D eigenvalue weighted by atomic mass is 16.4. The van der Waals surface area contributed by atoms with Crippen molar-refractivity contribution in [3.8, 4) is 6.07 Å². The second kappa shape index (κ2) is 2.99. The molecular formula is C9H5N3O3. The highest BCUT2D eigenvalue weighted by molar-refractivity contribution is 5.87. The van der Waals surface area contributed by atoms with Gasteiger partial charge in [0.05, 0.1) is 0 Å². The lowest BCUT2D eigenvalue weighted by molar-refractivity contribution is 0.0688. The molecule has 0 bridgehead atoms. The molecular weight excluding hydrogens is 198 g/mol. The molecule has 0 unspecified atom stereocenters. The minimum atomic E-state index is -1.14. The van der Waals surface area contributed by atoms with Crippen molar-refractivity contribution in [2.24, 2.45) is 0 Å². The predicted octanol–water partition coefficient (Wildman–Crippen LogP) is 0.197. The number of hydrogen-bond donors (Lipinski definition) is 2. The fraction of sp³-hybridized carbons (Fsp3) is 0. The van der Waals surface area contributed by atoms with Crippen LogP contribution in [0, 0.1) is 11.3 Å². The Morgan fingerprint density at radius 2 is 2.27 bits per heavy atom. The molecule has 0 aliphatic heterocycles. The summed E-state index contributed by atoms with van der Waals surface area (Å²) < 4.78 is 1.13. The van der Waals surface area contributed by atoms with Crippen LogP contribution in [-0.2, 0) is 0 Å². The second-order valence-electron chi connectivity index (χ2n) is 2.87. The fourth-order valence-corrected chi connectivity index (χ4v) is 1.34. The first kappa shape index (κ1) is 9.02. The van der Waals surface area contributed by atoms with Crippen molar-refractivity contribution in [2.45, 2.75) is 0 Å². The summed E-state index contributed by atoms with van der Waals surface area (Å²) in [7, 11) is 0. The van der Waals surface area contributed by atoms with Crippen LogP contribution in [0.2, 0.25) is 0 Å². The van der Waals surface area contributed by atoms with E-state index in [0.717, 1.165) is 4.52 Å². The summed E-state index contributed by atoms with van der Waals surface area (Å²) in [5, 5.41) is 19.9. The first-order valence-electron chi connectivity index (χ1n) is 4.01. The molecule has 0 amide bonds. The molecule has 0 saturated heterocycles. The zero-order valence-electron chi connectivity index (χ0n) is 7.39. The number of fused-ring (bicyclic) bond motifs is 1. The molecule has 15 heavy (non-hydrogen) atoms. The van der Waals surface area contributed by atoms with Gasteiger partial charge in [0, 0.05) is 6.20 Å². The Hall–Kier alpha value is -2.55. The molecule has 0 radical (unpaired) electrons. The van der Waals surface area contributed by atoms with Gasteiger partial charge in [0.1, 0.15) is 22.8 Å². The first-order valence-corrected chi connectivity index (χ1v) is 4.01. The van der Waals surface area contributed by atoms with Crippen LogP contribution >= 0.6 is 0 Å². The van der Waals surface area contributed by atoms with Crippen molar-refractivity contribution < 1.29 is 9.90 Å². The Morgan fingerprint density at radius 1 is 1.53 bits per heavy atom. The van der Waals surface area contributed by atoms with Crippen LogP contribution < -0.4 is 5.43 Å². The predicted molar refractivity (Wildman–Crippen MR) is 49.7 cm³/mol. The molecule has 6 heteroatoms. The third-order valence-electron chi connectivity index (χ3n) is 2.04. The fourth-order valence-electron chi connectivity index (χ4n) is 1.34. The molecule has 0 atom stereocenters. The molecule has 0 aliphatic carbocycles. The maximum Gasteiger partial charge on any atom is 0.354 e. The number of aromatic carboxylic acids is 1. The van der Waals surface area contributed by atoms with E-state index in [4.69, 9.17) is 10.4 Å². The lowest BCUT2D eigenvalue weighted by atomic mass is 10.3. The van der Waals surface area contributed by atoms with Crippen molar-refractivity contribution in [2.75, 3.05) is 0 Å². The normalized spacial score (nSPS) is 10.1. The summed E-state index contributed by atoms with van der Waals surface area (Å²) in [6.45, 7) is 0. The van der Waals surface area contributed by atoms with Gasteiger partial charge in [0.2, 0.25) is 5.43 Å². The van der Waals surface area contributed by atoms with Crippen LogP contribution in [0.4, 0.5) is 0 Å². The van der Waals surface area contributed by atoms with E-state index in [1.807, 2.05) is 0 Å². The summed E-state index contributed by atoms with van der Waals surface area (Å²) in [5.41, 5.74) is -0.431. The van der Waals surface area contributed by atoms with Crippen LogP contribution in [0.25, 0.3) is 5.52 Å². The number of aromatic amines is 1. The quantitative estimate of drug-likeness (QED) is 0.691. The second-order valence-corrected chi connectivity index (χ2v) is 2.87. The zero-order valence-corrected chi connectivity index (χ0v) is 7.39. The van der Waals surface area contributed by atoms with E-state index in [0.29, 0.717) is 0 Å². The van der Waals surface area contributed by atoms with Gasteiger partial charge in [-0.05, 0) is 12.1 Å². The monoisotopic (exact) mass is 203 g/mol. The Bertz CT molecular complexity index is 645. The van der Waals surface area contributed by atoms with Gasteiger partial charge < -0.3 is 5.11 Å². The number of carboxylic acids is 1. The molecule has 6 nitrogen and oxygen atoms in total. The minimum Gasteiger partial charge on any atom is -0.477 e. The van der Waals surface area contributed by atoms with Gasteiger partial charge in [-0.2, -0.15) is 5.26 Å². The molecule has 2 aromatic rings. The van der Waals surface area contributed by atoms with Crippen LogP contribution in [0.1, 0.15) is 16.1 Å². The average Bonchev–Trinajstić information content (AvgIpc) is 2.62. The van der Waals surface area contributed by atoms with E-state index >= 15 is 0 Å². The van der Waals surface area contributed by atoms with E-state index in [9.17, 15) is 9.59 Å². The van der Waals surface area contributed by atoms with E-state index in [1.165, 1.54) is 18.3 Å². The Morgan fingerprint density at radius 3 is 2.87 bits per heavy atom. The SMILES string of the molecule is N#Cc1c[nH]n2c(C(=O)O)ccc2c1=O.